The zero-order valence-corrected chi connectivity index (χ0v) is 8.69. The lowest BCUT2D eigenvalue weighted by Crippen LogP contribution is -2.01. The Hall–Kier alpha value is -1.55. The number of nitrogens with one attached hydrogen (secondary N) is 1. The van der Waals surface area contributed by atoms with Crippen molar-refractivity contribution in [1.29, 1.82) is 0 Å². The molecule has 2 aromatic rings. The number of nitrogens with zero attached hydrogens (tertiary/aromatic N) is 1. The van der Waals surface area contributed by atoms with Gasteiger partial charge in [-0.25, -0.2) is 0 Å². The van der Waals surface area contributed by atoms with E-state index in [-0.39, 0.29) is 0 Å². The van der Waals surface area contributed by atoms with E-state index >= 15 is 0 Å². The monoisotopic (exact) mass is 206 g/mol. The molecule has 0 aliphatic heterocycles. The number of ether oxygens (including phenoxy) is 2. The SMILES string of the molecule is COCCCOc1cccc2cn[nH]c12. The molecule has 0 bridgehead atoms. The predicted molar refractivity (Wildman–Crippen MR) is 58.1 cm³/mol. The van der Waals surface area contributed by atoms with Gasteiger partial charge in [-0.3, -0.25) is 5.10 Å². The maximum Gasteiger partial charge on any atom is 0.144 e. The van der Waals surface area contributed by atoms with Crippen LogP contribution in [0.2, 0.25) is 0 Å². The van der Waals surface area contributed by atoms with Gasteiger partial charge in [0, 0.05) is 25.5 Å². The van der Waals surface area contributed by atoms with E-state index in [0.29, 0.717) is 6.61 Å². The van der Waals surface area contributed by atoms with Gasteiger partial charge in [0.15, 0.2) is 0 Å². The number of hydrogen-bond donors (Lipinski definition) is 1. The van der Waals surface area contributed by atoms with Crippen LogP contribution in [0.5, 0.6) is 5.75 Å². The summed E-state index contributed by atoms with van der Waals surface area (Å²) in [5.41, 5.74) is 0.954. The van der Waals surface area contributed by atoms with E-state index in [4.69, 9.17) is 9.47 Å². The Bertz CT molecular complexity index is 425. The van der Waals surface area contributed by atoms with Gasteiger partial charge in [0.2, 0.25) is 0 Å². The van der Waals surface area contributed by atoms with Crippen LogP contribution in [-0.2, 0) is 4.74 Å². The van der Waals surface area contributed by atoms with E-state index < -0.39 is 0 Å². The highest BCUT2D eigenvalue weighted by molar-refractivity contribution is 5.83. The molecule has 0 aliphatic rings. The van der Waals surface area contributed by atoms with E-state index in [1.54, 1.807) is 13.3 Å². The van der Waals surface area contributed by atoms with E-state index in [1.807, 2.05) is 18.2 Å². The Labute approximate surface area is 88.2 Å². The Morgan fingerprint density at radius 2 is 2.27 bits per heavy atom. The highest BCUT2D eigenvalue weighted by atomic mass is 16.5. The van der Waals surface area contributed by atoms with Crippen LogP contribution in [0.25, 0.3) is 10.9 Å². The van der Waals surface area contributed by atoms with Crippen molar-refractivity contribution in [3.8, 4) is 5.75 Å². The Kier molecular flexibility index (Phi) is 3.19. The number of rotatable bonds is 5. The molecular weight excluding hydrogens is 192 g/mol. The molecule has 1 aromatic carbocycles. The molecule has 0 atom stereocenters. The molecule has 0 fully saturated rings. The Balaban J connectivity index is 2.04. The summed E-state index contributed by atoms with van der Waals surface area (Å²) >= 11 is 0. The molecule has 0 saturated carbocycles. The molecule has 0 unspecified atom stereocenters. The fraction of sp³-hybridized carbons (Fsp3) is 0.364. The van der Waals surface area contributed by atoms with Gasteiger partial charge >= 0.3 is 0 Å². The van der Waals surface area contributed by atoms with E-state index in [2.05, 4.69) is 10.2 Å². The van der Waals surface area contributed by atoms with Crippen molar-refractivity contribution in [2.75, 3.05) is 20.3 Å². The third kappa shape index (κ3) is 2.27. The molecule has 0 amide bonds. The summed E-state index contributed by atoms with van der Waals surface area (Å²) in [6.45, 7) is 1.38. The maximum absolute atomic E-state index is 5.63. The van der Waals surface area contributed by atoms with Crippen molar-refractivity contribution in [2.24, 2.45) is 0 Å². The topological polar surface area (TPSA) is 47.1 Å². The molecule has 0 saturated heterocycles. The van der Waals surface area contributed by atoms with Gasteiger partial charge in [-0.15, -0.1) is 0 Å². The molecule has 80 valence electrons. The number of benzene rings is 1. The number of hydrogen-bond acceptors (Lipinski definition) is 3. The van der Waals surface area contributed by atoms with Gasteiger partial charge in [-0.2, -0.15) is 5.10 Å². The number of para-hydroxylation sites is 1. The largest absolute Gasteiger partial charge is 0.491 e. The number of methoxy groups -OCH3 is 1. The van der Waals surface area contributed by atoms with Gasteiger partial charge in [0.1, 0.15) is 11.3 Å². The summed E-state index contributed by atoms with van der Waals surface area (Å²) in [5, 5.41) is 7.97. The van der Waals surface area contributed by atoms with Gasteiger partial charge in [0.25, 0.3) is 0 Å². The quantitative estimate of drug-likeness (QED) is 0.761. The summed E-state index contributed by atoms with van der Waals surface area (Å²) in [6.07, 6.45) is 2.68. The van der Waals surface area contributed by atoms with Crippen LogP contribution in [0, 0.1) is 0 Å². The molecule has 0 spiro atoms. The lowest BCUT2D eigenvalue weighted by molar-refractivity contribution is 0.172. The minimum atomic E-state index is 0.659. The van der Waals surface area contributed by atoms with Crippen LogP contribution in [0.1, 0.15) is 6.42 Å². The van der Waals surface area contributed by atoms with E-state index in [1.165, 1.54) is 0 Å². The van der Waals surface area contributed by atoms with Gasteiger partial charge < -0.3 is 9.47 Å². The van der Waals surface area contributed by atoms with Gasteiger partial charge in [-0.1, -0.05) is 12.1 Å². The van der Waals surface area contributed by atoms with Crippen molar-refractivity contribution >= 4 is 10.9 Å². The second-order valence-electron chi connectivity index (χ2n) is 3.29. The molecule has 4 nitrogen and oxygen atoms in total. The average Bonchev–Trinajstić information content (AvgIpc) is 2.73. The molecular formula is C11H14N2O2. The molecule has 0 aliphatic carbocycles. The zero-order chi connectivity index (χ0) is 10.5. The van der Waals surface area contributed by atoms with Crippen molar-refractivity contribution in [3.05, 3.63) is 24.4 Å². The highest BCUT2D eigenvalue weighted by Gasteiger charge is 2.02. The standard InChI is InChI=1S/C11H14N2O2/c1-14-6-3-7-15-10-5-2-4-9-8-12-13-11(9)10/h2,4-5,8H,3,6-7H2,1H3,(H,12,13). The molecule has 15 heavy (non-hydrogen) atoms. The summed E-state index contributed by atoms with van der Waals surface area (Å²) in [6, 6.07) is 5.90. The molecule has 4 heteroatoms. The second-order valence-corrected chi connectivity index (χ2v) is 3.29. The number of aromatic nitrogens is 2. The molecule has 1 N–H and O–H groups in total. The number of aromatic amines is 1. The fourth-order valence-electron chi connectivity index (χ4n) is 1.45. The van der Waals surface area contributed by atoms with E-state index in [9.17, 15) is 0 Å². The molecule has 2 rings (SSSR count). The second kappa shape index (κ2) is 4.79. The lowest BCUT2D eigenvalue weighted by Gasteiger charge is -2.06. The van der Waals surface area contributed by atoms with Crippen molar-refractivity contribution in [1.82, 2.24) is 10.2 Å². The van der Waals surface area contributed by atoms with Gasteiger partial charge in [0.05, 0.1) is 12.8 Å². The summed E-state index contributed by atoms with van der Waals surface area (Å²) < 4.78 is 10.6. The summed E-state index contributed by atoms with van der Waals surface area (Å²) in [4.78, 5) is 0. The smallest absolute Gasteiger partial charge is 0.144 e. The average molecular weight is 206 g/mol. The summed E-state index contributed by atoms with van der Waals surface area (Å²) in [5.74, 6) is 0.848. The maximum atomic E-state index is 5.63. The highest BCUT2D eigenvalue weighted by Crippen LogP contribution is 2.22. The number of fused-ring (bicyclic) bond motifs is 1. The van der Waals surface area contributed by atoms with Crippen molar-refractivity contribution in [3.63, 3.8) is 0 Å². The van der Waals surface area contributed by atoms with Gasteiger partial charge in [-0.05, 0) is 6.07 Å². The molecule has 0 radical (unpaired) electrons. The Morgan fingerprint density at radius 1 is 1.33 bits per heavy atom. The van der Waals surface area contributed by atoms with Crippen LogP contribution in [0.15, 0.2) is 24.4 Å². The predicted octanol–water partition coefficient (Wildman–Crippen LogP) is 1.98. The minimum absolute atomic E-state index is 0.659. The van der Waals surface area contributed by atoms with Crippen LogP contribution < -0.4 is 4.74 Å². The summed E-state index contributed by atoms with van der Waals surface area (Å²) in [7, 11) is 1.69. The molecule has 1 aromatic heterocycles. The first-order valence-electron chi connectivity index (χ1n) is 4.95. The Morgan fingerprint density at radius 3 is 3.13 bits per heavy atom. The zero-order valence-electron chi connectivity index (χ0n) is 8.69. The first-order chi connectivity index (χ1) is 7.42. The third-order valence-electron chi connectivity index (χ3n) is 2.19. The lowest BCUT2D eigenvalue weighted by atomic mass is 10.2. The van der Waals surface area contributed by atoms with E-state index in [0.717, 1.165) is 29.7 Å². The minimum Gasteiger partial charge on any atom is -0.491 e. The van der Waals surface area contributed by atoms with Crippen LogP contribution in [-0.4, -0.2) is 30.5 Å². The van der Waals surface area contributed by atoms with Crippen LogP contribution in [0.4, 0.5) is 0 Å². The van der Waals surface area contributed by atoms with Crippen LogP contribution >= 0.6 is 0 Å². The number of H-pyrrole nitrogens is 1. The fourth-order valence-corrected chi connectivity index (χ4v) is 1.45. The normalized spacial score (nSPS) is 10.7. The molecule has 1 heterocycles. The third-order valence-corrected chi connectivity index (χ3v) is 2.19. The van der Waals surface area contributed by atoms with Crippen LogP contribution in [0.3, 0.4) is 0 Å². The first-order valence-corrected chi connectivity index (χ1v) is 4.95. The van der Waals surface area contributed by atoms with Crippen molar-refractivity contribution in [2.45, 2.75) is 6.42 Å². The first kappa shape index (κ1) is 9.98. The van der Waals surface area contributed by atoms with Crippen molar-refractivity contribution < 1.29 is 9.47 Å².